The lowest BCUT2D eigenvalue weighted by molar-refractivity contribution is -0.358. The molecule has 7 fully saturated rings. The molecule has 4 saturated heterocycles. The van der Waals surface area contributed by atoms with Crippen molar-refractivity contribution >= 4 is 106 Å². The van der Waals surface area contributed by atoms with Gasteiger partial charge in [0.25, 0.3) is 29.5 Å². The molecule has 0 atom stereocenters. The molecule has 7 aliphatic rings. The first kappa shape index (κ1) is 100. The Bertz CT molecular complexity index is 4500. The summed E-state index contributed by atoms with van der Waals surface area (Å²) in [6, 6.07) is 13.2. The minimum absolute atomic E-state index is 0.0143. The lowest BCUT2D eigenvalue weighted by Crippen LogP contribution is -2.64. The van der Waals surface area contributed by atoms with Gasteiger partial charge in [-0.25, -0.2) is 43.2 Å². The zero-order valence-corrected chi connectivity index (χ0v) is 67.0. The lowest BCUT2D eigenvalue weighted by atomic mass is 9.92. The van der Waals surface area contributed by atoms with E-state index in [9.17, 15) is 113 Å². The molecule has 35 nitrogen and oxygen atoms in total. The molecule has 1 aromatic heterocycles. The Morgan fingerprint density at radius 3 is 1.06 bits per heavy atom. The van der Waals surface area contributed by atoms with Gasteiger partial charge in [0.05, 0.1) is 80.9 Å². The van der Waals surface area contributed by atoms with Crippen LogP contribution >= 0.6 is 46.4 Å². The number of aliphatic carboxylic acids is 1. The molecule has 0 bridgehead atoms. The summed E-state index contributed by atoms with van der Waals surface area (Å²) in [5, 5.41) is 26.2. The first-order valence-corrected chi connectivity index (χ1v) is 38.0. The summed E-state index contributed by atoms with van der Waals surface area (Å²) >= 11 is 22.2. The van der Waals surface area contributed by atoms with Crippen LogP contribution in [0.3, 0.4) is 0 Å². The maximum Gasteiger partial charge on any atom is 0.522 e. The summed E-state index contributed by atoms with van der Waals surface area (Å²) in [7, 11) is 0. The maximum absolute atomic E-state index is 13.4. The van der Waals surface area contributed by atoms with E-state index in [0.717, 1.165) is 24.3 Å². The Morgan fingerprint density at radius 2 is 0.736 bits per heavy atom. The van der Waals surface area contributed by atoms with E-state index < -0.39 is 147 Å². The first-order chi connectivity index (χ1) is 58.6. The van der Waals surface area contributed by atoms with Crippen molar-refractivity contribution in [3.8, 4) is 23.0 Å². The number of alkyl halides is 12. The van der Waals surface area contributed by atoms with Gasteiger partial charge in [0.1, 0.15) is 66.1 Å². The fraction of sp³-hybridized carbons (Fsp3) is 0.500. The van der Waals surface area contributed by atoms with Crippen LogP contribution in [0.5, 0.6) is 23.0 Å². The van der Waals surface area contributed by atoms with Gasteiger partial charge >= 0.3 is 55.2 Å². The van der Waals surface area contributed by atoms with Crippen molar-refractivity contribution in [2.24, 2.45) is 5.84 Å². The number of nitrogens with one attached hydrogen (secondary N) is 7. The molecule has 5 aromatic rings. The van der Waals surface area contributed by atoms with Crippen LogP contribution in [0.25, 0.3) is 0 Å². The van der Waals surface area contributed by atoms with Crippen molar-refractivity contribution in [2.75, 3.05) is 96.9 Å². The molecule has 12 rings (SSSR count). The number of nitrogens with two attached hydrogens (primary N) is 1. The third-order valence-electron chi connectivity index (χ3n) is 17.7. The number of carboxylic acids is 1. The van der Waals surface area contributed by atoms with Gasteiger partial charge in [0, 0.05) is 115 Å². The van der Waals surface area contributed by atoms with Crippen molar-refractivity contribution in [1.82, 2.24) is 62.4 Å². The smallest absolute Gasteiger partial charge is 0.484 e. The zero-order chi connectivity index (χ0) is 91.8. The molecule has 690 valence electrons. The van der Waals surface area contributed by atoms with Gasteiger partial charge in [-0.2, -0.15) is 13.2 Å². The standard InChI is InChI=1S/C19H21ClF4N4O6.C19H19ClF4N4O5.C13H11ClF4N2O3.C12H14ClFN4O3.C7H9F3O4/c20-14-2-1-11(5-15(14)21)32-8-16(29)25-10-6-28(7-10)18(31)27-26-17(30)9-33-12-3-13(4-12)34-19(22,23)24;20-14-2-1-11(5-15(14)21)30-8-16(29)25-10-6-28(7-10)18-27-26-17(32-18)9-31-12-3-13(4-12)33-19(22,23)24;14-9-2-1-8(3-10(9)15)23-6-11(21)19-7-4-20(5-7)12(22)13(16,17)18;13-9-2-1-8(3-10(9)14)21-6-11(19)16-7-4-18(5-7)12(20)17-15;8-7(9,10)14-5-1-4(2-5)13-3-6(11)12/h1-2,5,10,12-13H,3-4,6-9H2,(H,25,29)(H,26,30)(H,27,31);1-2,5,10,12-13H,3-4,6-9H2,(H,25,29);1-3,7H,4-6H2,(H,19,21);1-3,7H,4-6,15H2,(H,16,19)(H,17,20);4-5H,1-3H2,(H,11,12). The number of carbonyl (C=O) groups excluding carboxylic acids is 8. The normalized spacial score (nSPS) is 19.2. The molecule has 10 N–H and O–H groups in total. The number of amides is 10. The van der Waals surface area contributed by atoms with E-state index in [2.05, 4.69) is 56.5 Å². The Kier molecular flexibility index (Phi) is 36.5. The molecular weight excluding hydrogens is 1820 g/mol. The highest BCUT2D eigenvalue weighted by atomic mass is 35.5. The minimum atomic E-state index is -4.92. The van der Waals surface area contributed by atoms with E-state index in [1.54, 1.807) is 4.90 Å². The summed E-state index contributed by atoms with van der Waals surface area (Å²) in [5.74, 6) is -2.38. The van der Waals surface area contributed by atoms with Crippen molar-refractivity contribution in [3.63, 3.8) is 0 Å². The van der Waals surface area contributed by atoms with Crippen LogP contribution in [0, 0.1) is 23.3 Å². The van der Waals surface area contributed by atoms with Gasteiger partial charge in [-0.05, 0) is 48.5 Å². The van der Waals surface area contributed by atoms with Crippen molar-refractivity contribution < 1.29 is 170 Å². The number of hydrogen-bond donors (Lipinski definition) is 9. The number of carbonyl (C=O) groups is 9. The second-order valence-electron chi connectivity index (χ2n) is 27.5. The van der Waals surface area contributed by atoms with Crippen molar-refractivity contribution in [1.29, 1.82) is 0 Å². The molecule has 55 heteroatoms. The van der Waals surface area contributed by atoms with Gasteiger partial charge in [0.2, 0.25) is 5.89 Å². The quantitative estimate of drug-likeness (QED) is 0.00970. The predicted octanol–water partition coefficient (Wildman–Crippen LogP) is 7.46. The predicted molar refractivity (Wildman–Crippen MR) is 393 cm³/mol. The third-order valence-corrected chi connectivity index (χ3v) is 18.9. The summed E-state index contributed by atoms with van der Waals surface area (Å²) in [4.78, 5) is 108. The van der Waals surface area contributed by atoms with Crippen molar-refractivity contribution in [3.05, 3.63) is 122 Å². The first-order valence-electron chi connectivity index (χ1n) is 36.5. The third kappa shape index (κ3) is 34.8. The molecule has 0 spiro atoms. The van der Waals surface area contributed by atoms with Gasteiger partial charge in [-0.1, -0.05) is 51.5 Å². The molecule has 3 aliphatic carbocycles. The van der Waals surface area contributed by atoms with Crippen LogP contribution in [0.1, 0.15) is 44.4 Å². The number of hydrazine groups is 2. The van der Waals surface area contributed by atoms with E-state index in [1.807, 2.05) is 5.43 Å². The van der Waals surface area contributed by atoms with Gasteiger partial charge < -0.3 is 83.5 Å². The lowest BCUT2D eigenvalue weighted by Gasteiger charge is -2.39. The number of nitrogens with zero attached hydrogens (tertiary/aromatic N) is 6. The van der Waals surface area contributed by atoms with Crippen LogP contribution in [0.15, 0.2) is 77.2 Å². The maximum atomic E-state index is 13.4. The molecular formula is C70H74Cl4F16N14O21. The minimum Gasteiger partial charge on any atom is -0.484 e. The molecule has 4 aliphatic heterocycles. The molecule has 4 aromatic carbocycles. The van der Waals surface area contributed by atoms with E-state index in [4.69, 9.17) is 94.9 Å². The van der Waals surface area contributed by atoms with E-state index in [-0.39, 0.29) is 182 Å². The van der Waals surface area contributed by atoms with Gasteiger partial charge in [0.15, 0.2) is 26.4 Å². The Labute approximate surface area is 714 Å². The highest BCUT2D eigenvalue weighted by Crippen LogP contribution is 2.36. The summed E-state index contributed by atoms with van der Waals surface area (Å²) in [6.45, 7) is -0.731. The molecule has 3 saturated carbocycles. The average Bonchev–Trinajstić information content (AvgIpc) is 1.65. The second-order valence-corrected chi connectivity index (χ2v) is 29.1. The molecule has 125 heavy (non-hydrogen) atoms. The number of likely N-dealkylation sites (tertiary alicyclic amines) is 3. The average molecular weight is 1890 g/mol. The number of carboxylic acid groups (broad SMARTS) is 1. The SMILES string of the molecule is NNC(=O)N1CC(NC(=O)COc2ccc(Cl)c(F)c2)C1.O=C(COC1CC(OC(F)(F)F)C1)NNC(=O)N1CC(NC(=O)COc2ccc(Cl)c(F)c2)C1.O=C(COc1ccc(Cl)c(F)c1)NC1CN(C(=O)C(F)(F)F)C1.O=C(COc1ccc(Cl)c(F)c1)NC1CN(c2nnc(COC3CC(OC(F)(F)F)C3)o2)C1.O=C(O)COC1CC(OC(F)(F)F)C1. The highest BCUT2D eigenvalue weighted by molar-refractivity contribution is 6.31. The van der Waals surface area contributed by atoms with Crippen LogP contribution in [0.2, 0.25) is 20.1 Å². The Hall–Kier alpha value is -10.4. The molecule has 0 radical (unpaired) electrons. The zero-order valence-electron chi connectivity index (χ0n) is 64.0. The topological polar surface area (TPSA) is 428 Å². The number of ether oxygens (including phenoxy) is 10. The fourth-order valence-electron chi connectivity index (χ4n) is 11.2. The van der Waals surface area contributed by atoms with Gasteiger partial charge in [-0.15, -0.1) is 44.6 Å². The van der Waals surface area contributed by atoms with Crippen LogP contribution in [-0.4, -0.2) is 262 Å². The number of benzene rings is 4. The largest absolute Gasteiger partial charge is 0.522 e. The summed E-state index contributed by atoms with van der Waals surface area (Å²) in [5.41, 5.74) is 6.29. The van der Waals surface area contributed by atoms with Gasteiger partial charge in [-0.3, -0.25) is 53.8 Å². The Balaban J connectivity index is 0.000000199. The summed E-state index contributed by atoms with van der Waals surface area (Å²) in [6.07, 6.45) is -22.5. The van der Waals surface area contributed by atoms with E-state index in [1.165, 1.54) is 58.3 Å². The van der Waals surface area contributed by atoms with Crippen LogP contribution in [-0.2, 0) is 68.6 Å². The molecule has 5 heterocycles. The molecule has 0 unspecified atom stereocenters. The summed E-state index contributed by atoms with van der Waals surface area (Å²) < 4.78 is 249. The number of rotatable bonds is 29. The number of urea groups is 2. The van der Waals surface area contributed by atoms with Crippen LogP contribution in [0.4, 0.5) is 85.9 Å². The fourth-order valence-corrected chi connectivity index (χ4v) is 11.7. The molecule has 10 amide bonds. The number of hydrogen-bond acceptors (Lipinski definition) is 24. The highest BCUT2D eigenvalue weighted by Gasteiger charge is 2.48. The number of aromatic nitrogens is 2. The monoisotopic (exact) mass is 1890 g/mol. The second kappa shape index (κ2) is 45.7. The number of anilines is 1. The van der Waals surface area contributed by atoms with E-state index >= 15 is 0 Å². The number of halogens is 20. The Morgan fingerprint density at radius 1 is 0.416 bits per heavy atom. The van der Waals surface area contributed by atoms with Crippen molar-refractivity contribution in [2.45, 2.75) is 131 Å². The van der Waals surface area contributed by atoms with Crippen LogP contribution < -0.4 is 67.2 Å². The van der Waals surface area contributed by atoms with E-state index in [0.29, 0.717) is 31.1 Å².